The van der Waals surface area contributed by atoms with Gasteiger partial charge in [-0.1, -0.05) is 31.2 Å². The van der Waals surface area contributed by atoms with Crippen LogP contribution < -0.4 is 15.4 Å². The van der Waals surface area contributed by atoms with E-state index in [9.17, 15) is 9.59 Å². The average Bonchev–Trinajstić information content (AvgIpc) is 2.66. The molecule has 0 heterocycles. The lowest BCUT2D eigenvalue weighted by atomic mass is 10.1. The van der Waals surface area contributed by atoms with Gasteiger partial charge in [0.05, 0.1) is 12.2 Å². The molecule has 2 aromatic carbocycles. The lowest BCUT2D eigenvalue weighted by molar-refractivity contribution is -0.116. The Hall–Kier alpha value is -2.82. The second kappa shape index (κ2) is 10.2. The highest BCUT2D eigenvalue weighted by atomic mass is 16.5. The van der Waals surface area contributed by atoms with Gasteiger partial charge in [0, 0.05) is 18.7 Å². The van der Waals surface area contributed by atoms with Gasteiger partial charge in [-0.2, -0.15) is 0 Å². The van der Waals surface area contributed by atoms with Crippen LogP contribution in [0.1, 0.15) is 42.6 Å². The van der Waals surface area contributed by atoms with Crippen molar-refractivity contribution in [2.75, 3.05) is 18.5 Å². The molecular weight excluding hydrogens is 328 g/mol. The van der Waals surface area contributed by atoms with Crippen molar-refractivity contribution >= 4 is 17.5 Å². The first kappa shape index (κ1) is 19.5. The van der Waals surface area contributed by atoms with Crippen LogP contribution in [0.2, 0.25) is 0 Å². The summed E-state index contributed by atoms with van der Waals surface area (Å²) in [6.07, 6.45) is 1.85. The summed E-state index contributed by atoms with van der Waals surface area (Å²) >= 11 is 0. The standard InChI is InChI=1S/C21H26N2O3/c1-3-16-9-7-10-17(15-16)23-20(24)13-8-14-22-21(25)18-11-5-6-12-19(18)26-4-2/h5-7,9-12,15H,3-4,8,13-14H2,1-2H3,(H,22,25)(H,23,24). The Labute approximate surface area is 154 Å². The lowest BCUT2D eigenvalue weighted by Crippen LogP contribution is -2.26. The van der Waals surface area contributed by atoms with Crippen molar-refractivity contribution < 1.29 is 14.3 Å². The average molecular weight is 354 g/mol. The van der Waals surface area contributed by atoms with Crippen molar-refractivity contribution in [3.8, 4) is 5.75 Å². The predicted octanol–water partition coefficient (Wildman–Crippen LogP) is 3.80. The lowest BCUT2D eigenvalue weighted by Gasteiger charge is -2.10. The second-order valence-electron chi connectivity index (χ2n) is 5.89. The van der Waals surface area contributed by atoms with E-state index in [1.54, 1.807) is 18.2 Å². The van der Waals surface area contributed by atoms with Crippen LogP contribution in [-0.2, 0) is 11.2 Å². The van der Waals surface area contributed by atoms with Gasteiger partial charge in [-0.25, -0.2) is 0 Å². The van der Waals surface area contributed by atoms with Gasteiger partial charge in [0.15, 0.2) is 0 Å². The maximum absolute atomic E-state index is 12.3. The highest BCUT2D eigenvalue weighted by Crippen LogP contribution is 2.17. The molecule has 0 saturated heterocycles. The van der Waals surface area contributed by atoms with E-state index in [1.165, 1.54) is 5.56 Å². The number of aryl methyl sites for hydroxylation is 1. The quantitative estimate of drug-likeness (QED) is 0.673. The third-order valence-corrected chi connectivity index (χ3v) is 3.92. The van der Waals surface area contributed by atoms with E-state index in [0.717, 1.165) is 12.1 Å². The molecule has 0 aliphatic carbocycles. The van der Waals surface area contributed by atoms with E-state index in [-0.39, 0.29) is 11.8 Å². The Morgan fingerprint density at radius 2 is 1.85 bits per heavy atom. The molecule has 0 unspecified atom stereocenters. The van der Waals surface area contributed by atoms with Crippen LogP contribution in [0.3, 0.4) is 0 Å². The van der Waals surface area contributed by atoms with Crippen molar-refractivity contribution in [2.45, 2.75) is 33.1 Å². The van der Waals surface area contributed by atoms with Gasteiger partial charge in [-0.15, -0.1) is 0 Å². The normalized spacial score (nSPS) is 10.2. The number of rotatable bonds is 9. The molecule has 2 amide bonds. The summed E-state index contributed by atoms with van der Waals surface area (Å²) in [7, 11) is 0. The van der Waals surface area contributed by atoms with Crippen molar-refractivity contribution in [1.29, 1.82) is 0 Å². The Morgan fingerprint density at radius 1 is 1.04 bits per heavy atom. The highest BCUT2D eigenvalue weighted by molar-refractivity contribution is 5.97. The molecule has 5 nitrogen and oxygen atoms in total. The molecule has 2 rings (SSSR count). The van der Waals surface area contributed by atoms with Crippen molar-refractivity contribution in [3.63, 3.8) is 0 Å². The zero-order valence-electron chi connectivity index (χ0n) is 15.4. The molecule has 0 aliphatic rings. The van der Waals surface area contributed by atoms with Gasteiger partial charge < -0.3 is 15.4 Å². The smallest absolute Gasteiger partial charge is 0.255 e. The number of benzene rings is 2. The minimum Gasteiger partial charge on any atom is -0.493 e. The summed E-state index contributed by atoms with van der Waals surface area (Å²) in [5.41, 5.74) is 2.50. The molecule has 0 bridgehead atoms. The molecule has 0 aliphatic heterocycles. The minimum absolute atomic E-state index is 0.0535. The molecular formula is C21H26N2O3. The third kappa shape index (κ3) is 5.92. The molecule has 2 aromatic rings. The van der Waals surface area contributed by atoms with Crippen molar-refractivity contribution in [2.24, 2.45) is 0 Å². The topological polar surface area (TPSA) is 67.4 Å². The molecule has 0 radical (unpaired) electrons. The Bertz CT molecular complexity index is 744. The summed E-state index contributed by atoms with van der Waals surface area (Å²) in [6, 6.07) is 15.0. The van der Waals surface area contributed by atoms with Crippen LogP contribution in [0.15, 0.2) is 48.5 Å². The number of ether oxygens (including phenoxy) is 1. The van der Waals surface area contributed by atoms with Crippen LogP contribution in [-0.4, -0.2) is 25.0 Å². The molecule has 0 saturated carbocycles. The van der Waals surface area contributed by atoms with E-state index in [0.29, 0.717) is 37.3 Å². The van der Waals surface area contributed by atoms with Crippen LogP contribution in [0, 0.1) is 0 Å². The van der Waals surface area contributed by atoms with Gasteiger partial charge >= 0.3 is 0 Å². The molecule has 0 fully saturated rings. The molecule has 0 spiro atoms. The van der Waals surface area contributed by atoms with Gasteiger partial charge in [-0.3, -0.25) is 9.59 Å². The van der Waals surface area contributed by atoms with E-state index in [2.05, 4.69) is 17.6 Å². The van der Waals surface area contributed by atoms with E-state index >= 15 is 0 Å². The second-order valence-corrected chi connectivity index (χ2v) is 5.89. The van der Waals surface area contributed by atoms with Crippen LogP contribution >= 0.6 is 0 Å². The molecule has 0 atom stereocenters. The van der Waals surface area contributed by atoms with Gasteiger partial charge in [-0.05, 0) is 49.6 Å². The highest BCUT2D eigenvalue weighted by Gasteiger charge is 2.11. The number of hydrogen-bond donors (Lipinski definition) is 2. The van der Waals surface area contributed by atoms with Crippen molar-refractivity contribution in [3.05, 3.63) is 59.7 Å². The fraction of sp³-hybridized carbons (Fsp3) is 0.333. The minimum atomic E-state index is -0.190. The number of hydrogen-bond acceptors (Lipinski definition) is 3. The van der Waals surface area contributed by atoms with Crippen LogP contribution in [0.5, 0.6) is 5.75 Å². The summed E-state index contributed by atoms with van der Waals surface area (Å²) in [4.78, 5) is 24.3. The SMILES string of the molecule is CCOc1ccccc1C(=O)NCCCC(=O)Nc1cccc(CC)c1. The molecule has 138 valence electrons. The summed E-state index contributed by atoms with van der Waals surface area (Å²) < 4.78 is 5.46. The van der Waals surface area contributed by atoms with E-state index < -0.39 is 0 Å². The molecule has 26 heavy (non-hydrogen) atoms. The molecule has 2 N–H and O–H groups in total. The first-order valence-electron chi connectivity index (χ1n) is 9.02. The van der Waals surface area contributed by atoms with Crippen molar-refractivity contribution in [1.82, 2.24) is 5.32 Å². The van der Waals surface area contributed by atoms with E-state index in [4.69, 9.17) is 4.74 Å². The zero-order chi connectivity index (χ0) is 18.8. The maximum atomic E-state index is 12.3. The zero-order valence-corrected chi connectivity index (χ0v) is 15.4. The maximum Gasteiger partial charge on any atom is 0.255 e. The van der Waals surface area contributed by atoms with E-state index in [1.807, 2.05) is 37.3 Å². The molecule has 0 aromatic heterocycles. The number of nitrogens with one attached hydrogen (secondary N) is 2. The Kier molecular flexibility index (Phi) is 7.68. The number of amides is 2. The monoisotopic (exact) mass is 354 g/mol. The number of anilines is 1. The first-order chi connectivity index (χ1) is 12.6. The van der Waals surface area contributed by atoms with Crippen LogP contribution in [0.25, 0.3) is 0 Å². The number of carbonyl (C=O) groups is 2. The van der Waals surface area contributed by atoms with Gasteiger partial charge in [0.2, 0.25) is 5.91 Å². The van der Waals surface area contributed by atoms with Crippen LogP contribution in [0.4, 0.5) is 5.69 Å². The molecule has 5 heteroatoms. The number of para-hydroxylation sites is 1. The third-order valence-electron chi connectivity index (χ3n) is 3.92. The predicted molar refractivity (Wildman–Crippen MR) is 104 cm³/mol. The fourth-order valence-corrected chi connectivity index (χ4v) is 2.57. The van der Waals surface area contributed by atoms with Gasteiger partial charge in [0.25, 0.3) is 5.91 Å². The number of carbonyl (C=O) groups excluding carboxylic acids is 2. The van der Waals surface area contributed by atoms with Gasteiger partial charge in [0.1, 0.15) is 5.75 Å². The fourth-order valence-electron chi connectivity index (χ4n) is 2.57. The summed E-state index contributed by atoms with van der Waals surface area (Å²) in [5, 5.41) is 5.73. The largest absolute Gasteiger partial charge is 0.493 e. The Morgan fingerprint density at radius 3 is 2.62 bits per heavy atom. The summed E-state index contributed by atoms with van der Waals surface area (Å²) in [6.45, 7) is 4.89. The summed E-state index contributed by atoms with van der Waals surface area (Å²) in [5.74, 6) is 0.327. The Balaban J connectivity index is 1.76. The first-order valence-corrected chi connectivity index (χ1v) is 9.02.